The van der Waals surface area contributed by atoms with Crippen LogP contribution in [0.15, 0.2) is 53.9 Å². The van der Waals surface area contributed by atoms with E-state index in [2.05, 4.69) is 30.5 Å². The molecule has 1 heterocycles. The molecule has 0 aliphatic rings. The second-order valence-corrected chi connectivity index (χ2v) is 5.80. The summed E-state index contributed by atoms with van der Waals surface area (Å²) in [4.78, 5) is 4.73. The fraction of sp³-hybridized carbons (Fsp3) is 0.118. The molecule has 0 saturated heterocycles. The Labute approximate surface area is 122 Å². The summed E-state index contributed by atoms with van der Waals surface area (Å²) in [5, 5.41) is 3.26. The van der Waals surface area contributed by atoms with E-state index in [0.29, 0.717) is 0 Å². The van der Waals surface area contributed by atoms with Gasteiger partial charge in [-0.15, -0.1) is 11.3 Å². The highest BCUT2D eigenvalue weighted by Gasteiger charge is 2.07. The highest BCUT2D eigenvalue weighted by molar-refractivity contribution is 7.10. The van der Waals surface area contributed by atoms with Crippen molar-refractivity contribution >= 4 is 17.0 Å². The Morgan fingerprint density at radius 1 is 1.10 bits per heavy atom. The number of anilines is 1. The van der Waals surface area contributed by atoms with Crippen LogP contribution in [0.3, 0.4) is 0 Å². The number of rotatable bonds is 3. The fourth-order valence-corrected chi connectivity index (χ4v) is 3.04. The third-order valence-corrected chi connectivity index (χ3v) is 4.18. The lowest BCUT2D eigenvalue weighted by atomic mass is 10.1. The predicted octanol–water partition coefficient (Wildman–Crippen LogP) is 4.29. The molecule has 2 nitrogen and oxygen atoms in total. The van der Waals surface area contributed by atoms with E-state index in [4.69, 9.17) is 10.7 Å². The van der Waals surface area contributed by atoms with Gasteiger partial charge in [-0.2, -0.15) is 0 Å². The van der Waals surface area contributed by atoms with E-state index in [9.17, 15) is 0 Å². The summed E-state index contributed by atoms with van der Waals surface area (Å²) in [6.07, 6.45) is 0.865. The average Bonchev–Trinajstić information content (AvgIpc) is 2.92. The highest BCUT2D eigenvalue weighted by atomic mass is 32.1. The minimum atomic E-state index is 0.815. The van der Waals surface area contributed by atoms with Crippen molar-refractivity contribution in [2.45, 2.75) is 13.3 Å². The van der Waals surface area contributed by atoms with Crippen molar-refractivity contribution in [3.05, 3.63) is 70.0 Å². The van der Waals surface area contributed by atoms with Crippen molar-refractivity contribution in [1.29, 1.82) is 0 Å². The van der Waals surface area contributed by atoms with Crippen LogP contribution in [0, 0.1) is 6.92 Å². The summed E-state index contributed by atoms with van der Waals surface area (Å²) in [6, 6.07) is 16.3. The summed E-state index contributed by atoms with van der Waals surface area (Å²) in [6.45, 7) is 2.09. The topological polar surface area (TPSA) is 38.9 Å². The van der Waals surface area contributed by atoms with Crippen LogP contribution in [0.25, 0.3) is 11.3 Å². The van der Waals surface area contributed by atoms with Gasteiger partial charge in [0.15, 0.2) is 0 Å². The van der Waals surface area contributed by atoms with Crippen LogP contribution in [-0.2, 0) is 6.42 Å². The van der Waals surface area contributed by atoms with Crippen LogP contribution >= 0.6 is 11.3 Å². The van der Waals surface area contributed by atoms with Crippen LogP contribution in [-0.4, -0.2) is 4.98 Å². The van der Waals surface area contributed by atoms with E-state index in [1.165, 1.54) is 16.7 Å². The summed E-state index contributed by atoms with van der Waals surface area (Å²) in [7, 11) is 0. The van der Waals surface area contributed by atoms with Gasteiger partial charge >= 0.3 is 0 Å². The van der Waals surface area contributed by atoms with Gasteiger partial charge in [0, 0.05) is 23.1 Å². The van der Waals surface area contributed by atoms with Crippen molar-refractivity contribution in [3.8, 4) is 11.3 Å². The quantitative estimate of drug-likeness (QED) is 0.727. The molecule has 0 radical (unpaired) electrons. The zero-order chi connectivity index (χ0) is 13.9. The number of nitrogen functional groups attached to an aromatic ring is 1. The normalized spacial score (nSPS) is 10.7. The van der Waals surface area contributed by atoms with Gasteiger partial charge in [0.05, 0.1) is 10.7 Å². The summed E-state index contributed by atoms with van der Waals surface area (Å²) in [5.41, 5.74) is 11.3. The minimum Gasteiger partial charge on any atom is -0.399 e. The number of benzene rings is 2. The molecule has 2 N–H and O–H groups in total. The van der Waals surface area contributed by atoms with Crippen LogP contribution in [0.1, 0.15) is 16.1 Å². The molecule has 1 aromatic heterocycles. The molecule has 0 aliphatic heterocycles. The van der Waals surface area contributed by atoms with E-state index in [1.54, 1.807) is 11.3 Å². The maximum absolute atomic E-state index is 5.79. The Bertz CT molecular complexity index is 717. The van der Waals surface area contributed by atoms with E-state index >= 15 is 0 Å². The predicted molar refractivity (Wildman–Crippen MR) is 85.9 cm³/mol. The maximum Gasteiger partial charge on any atom is 0.0976 e. The molecule has 0 atom stereocenters. The van der Waals surface area contributed by atoms with Crippen LogP contribution < -0.4 is 5.73 Å². The number of thiazole rings is 1. The second kappa shape index (κ2) is 5.47. The van der Waals surface area contributed by atoms with Gasteiger partial charge in [0.25, 0.3) is 0 Å². The van der Waals surface area contributed by atoms with E-state index < -0.39 is 0 Å². The number of aromatic nitrogens is 1. The first-order valence-electron chi connectivity index (χ1n) is 6.57. The molecule has 20 heavy (non-hydrogen) atoms. The van der Waals surface area contributed by atoms with Gasteiger partial charge in [-0.3, -0.25) is 0 Å². The highest BCUT2D eigenvalue weighted by Crippen LogP contribution is 2.24. The van der Waals surface area contributed by atoms with Crippen molar-refractivity contribution in [2.24, 2.45) is 0 Å². The smallest absolute Gasteiger partial charge is 0.0976 e. The second-order valence-electron chi connectivity index (χ2n) is 4.86. The van der Waals surface area contributed by atoms with Gasteiger partial charge in [-0.05, 0) is 30.2 Å². The van der Waals surface area contributed by atoms with Crippen molar-refractivity contribution < 1.29 is 0 Å². The molecule has 0 fully saturated rings. The van der Waals surface area contributed by atoms with Crippen LogP contribution in [0.5, 0.6) is 0 Å². The molecule has 2 aromatic carbocycles. The lowest BCUT2D eigenvalue weighted by Gasteiger charge is -2.04. The Balaban J connectivity index is 1.84. The first-order valence-corrected chi connectivity index (χ1v) is 7.45. The van der Waals surface area contributed by atoms with E-state index in [0.717, 1.165) is 22.8 Å². The van der Waals surface area contributed by atoms with Crippen LogP contribution in [0.2, 0.25) is 0 Å². The molecule has 0 amide bonds. The molecule has 100 valence electrons. The number of nitrogens with zero attached hydrogens (tertiary/aromatic N) is 1. The third kappa shape index (κ3) is 2.73. The Morgan fingerprint density at radius 3 is 2.65 bits per heavy atom. The molecule has 3 heteroatoms. The Kier molecular flexibility index (Phi) is 3.52. The van der Waals surface area contributed by atoms with E-state index in [-0.39, 0.29) is 0 Å². The summed E-state index contributed by atoms with van der Waals surface area (Å²) >= 11 is 1.71. The SMILES string of the molecule is Cc1cc(N)ccc1Cc1nc(-c2ccccc2)cs1. The number of nitrogens with two attached hydrogens (primary N) is 1. The zero-order valence-electron chi connectivity index (χ0n) is 11.3. The summed E-state index contributed by atoms with van der Waals surface area (Å²) in [5.74, 6) is 0. The number of hydrogen-bond donors (Lipinski definition) is 1. The number of aryl methyl sites for hydroxylation is 1. The zero-order valence-corrected chi connectivity index (χ0v) is 12.2. The molecule has 0 bridgehead atoms. The Hall–Kier alpha value is -2.13. The molecule has 0 aliphatic carbocycles. The van der Waals surface area contributed by atoms with Gasteiger partial charge in [-0.25, -0.2) is 4.98 Å². The first-order chi connectivity index (χ1) is 9.72. The molecule has 3 aromatic rings. The molecule has 0 saturated carbocycles. The standard InChI is InChI=1S/C17H16N2S/c1-12-9-15(18)8-7-14(12)10-17-19-16(11-20-17)13-5-3-2-4-6-13/h2-9,11H,10,18H2,1H3. The molecule has 0 spiro atoms. The van der Waals surface area contributed by atoms with Crippen molar-refractivity contribution in [3.63, 3.8) is 0 Å². The van der Waals surface area contributed by atoms with E-state index in [1.807, 2.05) is 30.3 Å². The third-order valence-electron chi connectivity index (χ3n) is 3.33. The fourth-order valence-electron chi connectivity index (χ4n) is 2.21. The Morgan fingerprint density at radius 2 is 1.90 bits per heavy atom. The largest absolute Gasteiger partial charge is 0.399 e. The van der Waals surface area contributed by atoms with Gasteiger partial charge in [-0.1, -0.05) is 36.4 Å². The monoisotopic (exact) mass is 280 g/mol. The van der Waals surface area contributed by atoms with Gasteiger partial charge < -0.3 is 5.73 Å². The summed E-state index contributed by atoms with van der Waals surface area (Å²) < 4.78 is 0. The van der Waals surface area contributed by atoms with Crippen LogP contribution in [0.4, 0.5) is 5.69 Å². The lowest BCUT2D eigenvalue weighted by molar-refractivity contribution is 1.12. The van der Waals surface area contributed by atoms with Crippen molar-refractivity contribution in [1.82, 2.24) is 4.98 Å². The molecular formula is C17H16N2S. The number of hydrogen-bond acceptors (Lipinski definition) is 3. The van der Waals surface area contributed by atoms with Crippen molar-refractivity contribution in [2.75, 3.05) is 5.73 Å². The first kappa shape index (κ1) is 12.9. The molecule has 3 rings (SSSR count). The van der Waals surface area contributed by atoms with Gasteiger partial charge in [0.1, 0.15) is 0 Å². The molecular weight excluding hydrogens is 264 g/mol. The maximum atomic E-state index is 5.79. The average molecular weight is 280 g/mol. The molecule has 0 unspecified atom stereocenters. The van der Waals surface area contributed by atoms with Gasteiger partial charge in [0.2, 0.25) is 0 Å². The lowest BCUT2D eigenvalue weighted by Crippen LogP contribution is -1.93. The minimum absolute atomic E-state index is 0.815.